The molecule has 0 aromatic carbocycles. The molecule has 1 N–H and O–H groups in total. The maximum atomic E-state index is 12.3. The van der Waals surface area contributed by atoms with Gasteiger partial charge in [-0.05, 0) is 42.6 Å². The van der Waals surface area contributed by atoms with Crippen molar-refractivity contribution >= 4 is 5.78 Å². The van der Waals surface area contributed by atoms with Crippen molar-refractivity contribution < 1.29 is 9.90 Å². The maximum Gasteiger partial charge on any atom is 0.139 e. The van der Waals surface area contributed by atoms with Crippen molar-refractivity contribution in [2.24, 2.45) is 23.2 Å². The summed E-state index contributed by atoms with van der Waals surface area (Å²) in [6.45, 7) is 6.75. The summed E-state index contributed by atoms with van der Waals surface area (Å²) >= 11 is 0. The Bertz CT molecular complexity index is 343. The van der Waals surface area contributed by atoms with Gasteiger partial charge in [-0.1, -0.05) is 26.8 Å². The van der Waals surface area contributed by atoms with Crippen molar-refractivity contribution in [3.05, 3.63) is 11.6 Å². The highest BCUT2D eigenvalue weighted by molar-refractivity contribution is 5.86. The van der Waals surface area contributed by atoms with Crippen molar-refractivity contribution in [2.75, 3.05) is 6.61 Å². The van der Waals surface area contributed by atoms with E-state index in [4.69, 9.17) is 0 Å². The molecule has 2 aliphatic carbocycles. The SMILES string of the molecule is CC(C)[C@H]1CC[C@]2(C)C(=O)CCC(CO)=C[C@H]12. The Labute approximate surface area is 104 Å². The zero-order valence-corrected chi connectivity index (χ0v) is 11.2. The summed E-state index contributed by atoms with van der Waals surface area (Å²) in [5.74, 6) is 1.97. The number of Topliss-reactive ketones (excluding diaryl/α,β-unsaturated/α-hetero) is 1. The van der Waals surface area contributed by atoms with Crippen molar-refractivity contribution in [1.82, 2.24) is 0 Å². The zero-order chi connectivity index (χ0) is 12.6. The van der Waals surface area contributed by atoms with Gasteiger partial charge in [0.05, 0.1) is 6.61 Å². The number of ketones is 1. The molecule has 0 aromatic heterocycles. The van der Waals surface area contributed by atoms with Crippen LogP contribution < -0.4 is 0 Å². The predicted octanol–water partition coefficient (Wildman–Crippen LogP) is 2.96. The number of aliphatic hydroxyl groups excluding tert-OH is 1. The highest BCUT2D eigenvalue weighted by Crippen LogP contribution is 2.53. The standard InChI is InChI=1S/C15H24O2/c1-10(2)12-6-7-15(3)13(12)8-11(9-16)4-5-14(15)17/h8,10,12-13,16H,4-7,9H2,1-3H3/t12-,13-,15+/m1/s1. The second-order valence-electron chi connectivity index (χ2n) is 6.30. The first-order chi connectivity index (χ1) is 7.99. The number of allylic oxidation sites excluding steroid dienone is 1. The van der Waals surface area contributed by atoms with Crippen LogP contribution in [0.25, 0.3) is 0 Å². The molecule has 0 radical (unpaired) electrons. The van der Waals surface area contributed by atoms with Gasteiger partial charge in [-0.25, -0.2) is 0 Å². The second-order valence-corrected chi connectivity index (χ2v) is 6.30. The lowest BCUT2D eigenvalue weighted by molar-refractivity contribution is -0.129. The smallest absolute Gasteiger partial charge is 0.139 e. The minimum atomic E-state index is -0.161. The van der Waals surface area contributed by atoms with E-state index in [2.05, 4.69) is 26.8 Å². The van der Waals surface area contributed by atoms with E-state index in [1.54, 1.807) is 0 Å². The topological polar surface area (TPSA) is 37.3 Å². The van der Waals surface area contributed by atoms with Gasteiger partial charge in [-0.3, -0.25) is 4.79 Å². The third kappa shape index (κ3) is 2.08. The molecule has 0 spiro atoms. The number of carbonyl (C=O) groups is 1. The number of rotatable bonds is 2. The molecule has 0 saturated heterocycles. The van der Waals surface area contributed by atoms with Crippen LogP contribution in [0, 0.1) is 23.2 Å². The van der Waals surface area contributed by atoms with Crippen LogP contribution in [0.4, 0.5) is 0 Å². The average molecular weight is 236 g/mol. The van der Waals surface area contributed by atoms with Gasteiger partial charge in [-0.2, -0.15) is 0 Å². The summed E-state index contributed by atoms with van der Waals surface area (Å²) in [6.07, 6.45) is 5.77. The Kier molecular flexibility index (Phi) is 3.44. The molecule has 0 unspecified atom stereocenters. The molecular weight excluding hydrogens is 212 g/mol. The van der Waals surface area contributed by atoms with Gasteiger partial charge >= 0.3 is 0 Å². The molecule has 1 fully saturated rings. The normalized spacial score (nSPS) is 37.9. The Morgan fingerprint density at radius 3 is 2.76 bits per heavy atom. The molecule has 0 heterocycles. The Balaban J connectivity index is 2.37. The van der Waals surface area contributed by atoms with Crippen LogP contribution in [0.15, 0.2) is 11.6 Å². The van der Waals surface area contributed by atoms with E-state index < -0.39 is 0 Å². The first kappa shape index (κ1) is 12.8. The summed E-state index contributed by atoms with van der Waals surface area (Å²) < 4.78 is 0. The van der Waals surface area contributed by atoms with Crippen molar-refractivity contribution in [2.45, 2.75) is 46.5 Å². The second kappa shape index (κ2) is 4.56. The maximum absolute atomic E-state index is 12.3. The Morgan fingerprint density at radius 2 is 2.18 bits per heavy atom. The van der Waals surface area contributed by atoms with Crippen LogP contribution in [0.1, 0.15) is 46.5 Å². The van der Waals surface area contributed by atoms with E-state index >= 15 is 0 Å². The van der Waals surface area contributed by atoms with Crippen LogP contribution in [0.2, 0.25) is 0 Å². The fourth-order valence-electron chi connectivity index (χ4n) is 3.69. The highest BCUT2D eigenvalue weighted by Gasteiger charge is 2.49. The fraction of sp³-hybridized carbons (Fsp3) is 0.800. The third-order valence-corrected chi connectivity index (χ3v) is 4.98. The molecule has 0 amide bonds. The number of hydrogen-bond acceptors (Lipinski definition) is 2. The van der Waals surface area contributed by atoms with Crippen molar-refractivity contribution in [1.29, 1.82) is 0 Å². The van der Waals surface area contributed by atoms with Gasteiger partial charge < -0.3 is 5.11 Å². The molecule has 17 heavy (non-hydrogen) atoms. The molecular formula is C15H24O2. The van der Waals surface area contributed by atoms with Gasteiger partial charge in [-0.15, -0.1) is 0 Å². The molecule has 1 saturated carbocycles. The minimum absolute atomic E-state index is 0.116. The molecule has 96 valence electrons. The van der Waals surface area contributed by atoms with E-state index in [9.17, 15) is 9.90 Å². The van der Waals surface area contributed by atoms with E-state index in [1.807, 2.05) is 0 Å². The van der Waals surface area contributed by atoms with Crippen LogP contribution >= 0.6 is 0 Å². The van der Waals surface area contributed by atoms with Crippen LogP contribution in [-0.4, -0.2) is 17.5 Å². The summed E-state index contributed by atoms with van der Waals surface area (Å²) in [7, 11) is 0. The molecule has 3 atom stereocenters. The average Bonchev–Trinajstić information content (AvgIpc) is 2.57. The summed E-state index contributed by atoms with van der Waals surface area (Å²) in [5, 5.41) is 9.35. The highest BCUT2D eigenvalue weighted by atomic mass is 16.3. The van der Waals surface area contributed by atoms with Gasteiger partial charge in [0.15, 0.2) is 0 Å². The largest absolute Gasteiger partial charge is 0.392 e. The molecule has 0 aromatic rings. The Morgan fingerprint density at radius 1 is 1.47 bits per heavy atom. The van der Waals surface area contributed by atoms with Gasteiger partial charge in [0.25, 0.3) is 0 Å². The van der Waals surface area contributed by atoms with Crippen molar-refractivity contribution in [3.63, 3.8) is 0 Å². The van der Waals surface area contributed by atoms with E-state index in [-0.39, 0.29) is 12.0 Å². The molecule has 2 aliphatic rings. The van der Waals surface area contributed by atoms with Gasteiger partial charge in [0.2, 0.25) is 0 Å². The quantitative estimate of drug-likeness (QED) is 0.748. The van der Waals surface area contributed by atoms with Crippen LogP contribution in [-0.2, 0) is 4.79 Å². The Hall–Kier alpha value is -0.630. The minimum Gasteiger partial charge on any atom is -0.392 e. The summed E-state index contributed by atoms with van der Waals surface area (Å²) in [6, 6.07) is 0. The van der Waals surface area contributed by atoms with Gasteiger partial charge in [0.1, 0.15) is 5.78 Å². The van der Waals surface area contributed by atoms with E-state index in [0.29, 0.717) is 30.0 Å². The first-order valence-corrected chi connectivity index (χ1v) is 6.82. The first-order valence-electron chi connectivity index (χ1n) is 6.82. The molecule has 2 heteroatoms. The van der Waals surface area contributed by atoms with E-state index in [0.717, 1.165) is 24.8 Å². The number of carbonyl (C=O) groups excluding carboxylic acids is 1. The predicted molar refractivity (Wildman–Crippen MR) is 68.6 cm³/mol. The number of fused-ring (bicyclic) bond motifs is 1. The van der Waals surface area contributed by atoms with E-state index in [1.165, 1.54) is 0 Å². The number of hydrogen-bond donors (Lipinski definition) is 1. The molecule has 0 aliphatic heterocycles. The molecule has 0 bridgehead atoms. The molecule has 2 rings (SSSR count). The van der Waals surface area contributed by atoms with Crippen molar-refractivity contribution in [3.8, 4) is 0 Å². The summed E-state index contributed by atoms with van der Waals surface area (Å²) in [4.78, 5) is 12.3. The number of aliphatic hydroxyl groups is 1. The lowest BCUT2D eigenvalue weighted by Gasteiger charge is -2.31. The third-order valence-electron chi connectivity index (χ3n) is 4.98. The molecule has 2 nitrogen and oxygen atoms in total. The lowest BCUT2D eigenvalue weighted by atomic mass is 9.72. The zero-order valence-electron chi connectivity index (χ0n) is 11.2. The van der Waals surface area contributed by atoms with Gasteiger partial charge in [0, 0.05) is 11.8 Å². The summed E-state index contributed by atoms with van der Waals surface area (Å²) in [5.41, 5.74) is 0.908. The van der Waals surface area contributed by atoms with Crippen LogP contribution in [0.3, 0.4) is 0 Å². The lowest BCUT2D eigenvalue weighted by Crippen LogP contribution is -2.32. The van der Waals surface area contributed by atoms with Crippen LogP contribution in [0.5, 0.6) is 0 Å². The fourth-order valence-corrected chi connectivity index (χ4v) is 3.69. The monoisotopic (exact) mass is 236 g/mol.